The van der Waals surface area contributed by atoms with E-state index in [-0.39, 0.29) is 12.2 Å². The lowest BCUT2D eigenvalue weighted by atomic mass is 10.2. The zero-order valence-electron chi connectivity index (χ0n) is 15.6. The minimum atomic E-state index is -0.141. The van der Waals surface area contributed by atoms with Gasteiger partial charge in [-0.3, -0.25) is 9.89 Å². The average molecular weight is 433 g/mol. The Bertz CT molecular complexity index is 1110. The van der Waals surface area contributed by atoms with Crippen LogP contribution in [0.2, 0.25) is 0 Å². The van der Waals surface area contributed by atoms with Gasteiger partial charge in [0.05, 0.1) is 11.2 Å². The third-order valence-electron chi connectivity index (χ3n) is 5.05. The van der Waals surface area contributed by atoms with Gasteiger partial charge >= 0.3 is 0 Å². The number of H-pyrrole nitrogens is 1. The molecule has 30 heavy (non-hydrogen) atoms. The summed E-state index contributed by atoms with van der Waals surface area (Å²) in [5.74, 6) is 1.52. The number of hydrogen-bond acceptors (Lipinski definition) is 8. The first-order valence-electron chi connectivity index (χ1n) is 9.41. The molecule has 0 spiro atoms. The molecule has 2 aliphatic rings. The van der Waals surface area contributed by atoms with Crippen LogP contribution in [0, 0.1) is 0 Å². The first kappa shape index (κ1) is 17.4. The van der Waals surface area contributed by atoms with Gasteiger partial charge in [-0.15, -0.1) is 22.7 Å². The average Bonchev–Trinajstić information content (AvgIpc) is 3.61. The summed E-state index contributed by atoms with van der Waals surface area (Å²) < 4.78 is 5.83. The van der Waals surface area contributed by atoms with E-state index >= 15 is 0 Å². The molecule has 2 unspecified atom stereocenters. The Labute approximate surface area is 180 Å². The van der Waals surface area contributed by atoms with Crippen molar-refractivity contribution in [1.82, 2.24) is 15.0 Å². The molecule has 0 aliphatic carbocycles. The van der Waals surface area contributed by atoms with Crippen molar-refractivity contribution in [2.24, 2.45) is 4.99 Å². The van der Waals surface area contributed by atoms with Crippen LogP contribution in [0.4, 0.5) is 10.8 Å². The highest BCUT2D eigenvalue weighted by Gasteiger charge is 2.47. The molecule has 0 aromatic carbocycles. The van der Waals surface area contributed by atoms with Gasteiger partial charge in [0.2, 0.25) is 5.89 Å². The van der Waals surface area contributed by atoms with E-state index in [1.807, 2.05) is 36.1 Å². The predicted molar refractivity (Wildman–Crippen MR) is 121 cm³/mol. The van der Waals surface area contributed by atoms with E-state index in [1.165, 1.54) is 0 Å². The Hall–Kier alpha value is -3.43. The molecule has 6 rings (SSSR count). The molecule has 6 heterocycles. The fourth-order valence-corrected chi connectivity index (χ4v) is 5.37. The largest absolute Gasteiger partial charge is 0.443 e. The van der Waals surface area contributed by atoms with E-state index in [1.54, 1.807) is 35.1 Å². The topological polar surface area (TPSA) is 73.6 Å². The minimum absolute atomic E-state index is 0.0715. The second kappa shape index (κ2) is 7.12. The van der Waals surface area contributed by atoms with Gasteiger partial charge in [0.25, 0.3) is 0 Å². The van der Waals surface area contributed by atoms with Gasteiger partial charge in [0.1, 0.15) is 40.7 Å². The van der Waals surface area contributed by atoms with Crippen molar-refractivity contribution in [2.75, 3.05) is 9.80 Å². The molecular formula is C21H16N6OS2. The molecule has 2 atom stereocenters. The van der Waals surface area contributed by atoms with Crippen LogP contribution in [-0.4, -0.2) is 33.4 Å². The molecule has 0 bridgehead atoms. The predicted octanol–water partition coefficient (Wildman–Crippen LogP) is 4.71. The van der Waals surface area contributed by atoms with Crippen LogP contribution in [0.1, 0.15) is 10.9 Å². The van der Waals surface area contributed by atoms with Crippen molar-refractivity contribution < 1.29 is 4.42 Å². The zero-order chi connectivity index (χ0) is 19.9. The summed E-state index contributed by atoms with van der Waals surface area (Å²) in [6.45, 7) is 0. The van der Waals surface area contributed by atoms with Crippen LogP contribution in [0.5, 0.6) is 0 Å². The summed E-state index contributed by atoms with van der Waals surface area (Å²) in [6, 6.07) is 8.16. The standard InChI is InChI=1S/C21H16N6OS2/c1-4-14(22-7-1)21-26(15-5-2-8-23-15)18(20-25-10-13-30-20)17(19-24-9-11-28-19)27(21)16-6-3-12-29-16/h1-14,21,23H. The van der Waals surface area contributed by atoms with Crippen LogP contribution in [0.15, 0.2) is 81.4 Å². The Kier molecular flexibility index (Phi) is 4.14. The summed E-state index contributed by atoms with van der Waals surface area (Å²) in [4.78, 5) is 21.8. The van der Waals surface area contributed by atoms with E-state index in [4.69, 9.17) is 9.41 Å². The van der Waals surface area contributed by atoms with Crippen molar-refractivity contribution in [2.45, 2.75) is 12.2 Å². The first-order chi connectivity index (χ1) is 14.9. The smallest absolute Gasteiger partial charge is 0.245 e. The zero-order valence-corrected chi connectivity index (χ0v) is 17.3. The first-order valence-corrected chi connectivity index (χ1v) is 11.2. The molecule has 1 N–H and O–H groups in total. The van der Waals surface area contributed by atoms with Gasteiger partial charge in [-0.25, -0.2) is 9.97 Å². The number of aromatic nitrogens is 3. The lowest BCUT2D eigenvalue weighted by Crippen LogP contribution is -2.47. The number of oxazole rings is 1. The summed E-state index contributed by atoms with van der Waals surface area (Å²) in [5.41, 5.74) is 1.83. The molecule has 4 aromatic rings. The fourth-order valence-electron chi connectivity index (χ4n) is 3.92. The maximum absolute atomic E-state index is 5.83. The Morgan fingerprint density at radius 1 is 1.00 bits per heavy atom. The van der Waals surface area contributed by atoms with Crippen LogP contribution in [0.3, 0.4) is 0 Å². The van der Waals surface area contributed by atoms with Crippen LogP contribution >= 0.6 is 22.7 Å². The number of nitrogens with one attached hydrogen (secondary N) is 1. The number of aromatic amines is 1. The molecule has 4 aromatic heterocycles. The third-order valence-corrected chi connectivity index (χ3v) is 6.69. The van der Waals surface area contributed by atoms with Crippen LogP contribution in [0.25, 0.3) is 11.4 Å². The molecule has 0 saturated carbocycles. The fraction of sp³-hybridized carbons (Fsp3) is 0.0952. The van der Waals surface area contributed by atoms with E-state index in [9.17, 15) is 0 Å². The number of thiazole rings is 1. The number of aliphatic imine (C=N–C) groups is 1. The second-order valence-electron chi connectivity index (χ2n) is 6.71. The minimum Gasteiger partial charge on any atom is -0.443 e. The quantitative estimate of drug-likeness (QED) is 0.494. The van der Waals surface area contributed by atoms with Crippen LogP contribution < -0.4 is 9.80 Å². The maximum Gasteiger partial charge on any atom is 0.245 e. The lowest BCUT2D eigenvalue weighted by Gasteiger charge is -2.35. The van der Waals surface area contributed by atoms with Gasteiger partial charge in [-0.1, -0.05) is 6.08 Å². The number of anilines is 2. The Balaban J connectivity index is 1.66. The lowest BCUT2D eigenvalue weighted by molar-refractivity contribution is 0.536. The normalized spacial score (nSPS) is 20.8. The maximum atomic E-state index is 5.83. The van der Waals surface area contributed by atoms with Gasteiger partial charge in [-0.2, -0.15) is 0 Å². The van der Waals surface area contributed by atoms with Crippen LogP contribution in [-0.2, 0) is 0 Å². The van der Waals surface area contributed by atoms with E-state index in [0.717, 1.165) is 27.2 Å². The summed E-state index contributed by atoms with van der Waals surface area (Å²) in [7, 11) is 0. The number of hydrogen-bond donors (Lipinski definition) is 1. The third kappa shape index (κ3) is 2.66. The molecular weight excluding hydrogens is 416 g/mol. The molecule has 0 amide bonds. The summed E-state index contributed by atoms with van der Waals surface area (Å²) in [5, 5.41) is 6.05. The molecule has 9 heteroatoms. The van der Waals surface area contributed by atoms with Crippen molar-refractivity contribution >= 4 is 51.1 Å². The van der Waals surface area contributed by atoms with Crippen molar-refractivity contribution in [1.29, 1.82) is 0 Å². The number of rotatable bonds is 5. The molecule has 0 radical (unpaired) electrons. The number of nitrogens with zero attached hydrogens (tertiary/aromatic N) is 5. The summed E-state index contributed by atoms with van der Waals surface area (Å²) in [6.07, 6.45) is 12.9. The molecule has 148 valence electrons. The Morgan fingerprint density at radius 2 is 2.00 bits per heavy atom. The molecule has 0 fully saturated rings. The molecule has 2 aliphatic heterocycles. The molecule has 0 saturated heterocycles. The highest BCUT2D eigenvalue weighted by atomic mass is 32.1. The monoisotopic (exact) mass is 432 g/mol. The SMILES string of the molecule is C1=CC(C2N(c3ccc[nH]3)C(c3nccs3)=C(c3ncco3)N2c2cccs2)N=C1. The highest BCUT2D eigenvalue weighted by molar-refractivity contribution is 7.14. The van der Waals surface area contributed by atoms with Crippen molar-refractivity contribution in [3.8, 4) is 0 Å². The van der Waals surface area contributed by atoms with Gasteiger partial charge in [0.15, 0.2) is 0 Å². The Morgan fingerprint density at radius 3 is 2.67 bits per heavy atom. The molecule has 7 nitrogen and oxygen atoms in total. The van der Waals surface area contributed by atoms with Gasteiger partial charge < -0.3 is 14.3 Å². The summed E-state index contributed by atoms with van der Waals surface area (Å²) >= 11 is 3.27. The van der Waals surface area contributed by atoms with Crippen molar-refractivity contribution in [3.05, 3.63) is 82.9 Å². The van der Waals surface area contributed by atoms with E-state index < -0.39 is 0 Å². The van der Waals surface area contributed by atoms with Crippen molar-refractivity contribution in [3.63, 3.8) is 0 Å². The highest BCUT2D eigenvalue weighted by Crippen LogP contribution is 2.48. The van der Waals surface area contributed by atoms with Gasteiger partial charge in [-0.05, 0) is 35.7 Å². The van der Waals surface area contributed by atoms with E-state index in [0.29, 0.717) is 5.89 Å². The van der Waals surface area contributed by atoms with E-state index in [2.05, 4.69) is 54.4 Å². The number of thiophene rings is 1. The second-order valence-corrected chi connectivity index (χ2v) is 8.53. The number of allylic oxidation sites excluding steroid dienone is 1. The van der Waals surface area contributed by atoms with Gasteiger partial charge in [0, 0.05) is 24.0 Å².